The Balaban J connectivity index is 3.10. The molecule has 2 nitrogen and oxygen atoms in total. The Morgan fingerprint density at radius 3 is 2.29 bits per heavy atom. The first-order chi connectivity index (χ1) is 6.32. The van der Waals surface area contributed by atoms with Crippen molar-refractivity contribution in [1.29, 1.82) is 0 Å². The molecule has 0 aromatic heterocycles. The highest BCUT2D eigenvalue weighted by Gasteiger charge is 2.22. The maximum Gasteiger partial charge on any atom is 0.168 e. The zero-order valence-corrected chi connectivity index (χ0v) is 9.22. The van der Waals surface area contributed by atoms with E-state index in [9.17, 15) is 4.79 Å². The van der Waals surface area contributed by atoms with E-state index in [1.807, 2.05) is 39.8 Å². The van der Waals surface area contributed by atoms with Crippen LogP contribution in [0.4, 0.5) is 5.69 Å². The highest BCUT2D eigenvalue weighted by molar-refractivity contribution is 6.00. The van der Waals surface area contributed by atoms with Crippen LogP contribution in [0.15, 0.2) is 18.2 Å². The number of hydrogen-bond acceptors (Lipinski definition) is 2. The summed E-state index contributed by atoms with van der Waals surface area (Å²) in [6, 6.07) is 5.47. The van der Waals surface area contributed by atoms with Gasteiger partial charge in [0.25, 0.3) is 0 Å². The molecule has 0 atom stereocenters. The Bertz CT molecular complexity index is 361. The molecule has 0 saturated heterocycles. The van der Waals surface area contributed by atoms with Gasteiger partial charge in [-0.1, -0.05) is 32.9 Å². The summed E-state index contributed by atoms with van der Waals surface area (Å²) in [5.74, 6) is 0.129. The van der Waals surface area contributed by atoms with Gasteiger partial charge in [0.15, 0.2) is 5.78 Å². The quantitative estimate of drug-likeness (QED) is 0.548. The number of nitrogens with two attached hydrogens (primary N) is 1. The van der Waals surface area contributed by atoms with Crippen molar-refractivity contribution in [2.24, 2.45) is 5.41 Å². The fourth-order valence-electron chi connectivity index (χ4n) is 1.21. The molecule has 0 radical (unpaired) electrons. The van der Waals surface area contributed by atoms with Crippen LogP contribution < -0.4 is 5.73 Å². The Kier molecular flexibility index (Phi) is 2.65. The fourth-order valence-corrected chi connectivity index (χ4v) is 1.21. The molecule has 0 fully saturated rings. The van der Waals surface area contributed by atoms with Crippen LogP contribution in [0, 0.1) is 12.3 Å². The second kappa shape index (κ2) is 3.45. The minimum atomic E-state index is -0.346. The predicted molar refractivity (Wildman–Crippen MR) is 59.4 cm³/mol. The first-order valence-electron chi connectivity index (χ1n) is 4.73. The van der Waals surface area contributed by atoms with Crippen molar-refractivity contribution in [1.82, 2.24) is 0 Å². The summed E-state index contributed by atoms with van der Waals surface area (Å²) in [5.41, 5.74) is 7.79. The molecule has 76 valence electrons. The van der Waals surface area contributed by atoms with Gasteiger partial charge in [-0.05, 0) is 18.6 Å². The average molecular weight is 191 g/mol. The largest absolute Gasteiger partial charge is 0.398 e. The lowest BCUT2D eigenvalue weighted by Crippen LogP contribution is -2.20. The molecular weight excluding hydrogens is 174 g/mol. The summed E-state index contributed by atoms with van der Waals surface area (Å²) in [7, 11) is 0. The van der Waals surface area contributed by atoms with Crippen molar-refractivity contribution in [3.8, 4) is 0 Å². The standard InChI is InChI=1S/C12H17NO/c1-8-5-6-9(7-10(8)13)11(14)12(2,3)4/h5-7H,13H2,1-4H3. The van der Waals surface area contributed by atoms with Gasteiger partial charge in [0.05, 0.1) is 0 Å². The van der Waals surface area contributed by atoms with E-state index >= 15 is 0 Å². The highest BCUT2D eigenvalue weighted by Crippen LogP contribution is 2.23. The monoisotopic (exact) mass is 191 g/mol. The number of carbonyl (C=O) groups is 1. The van der Waals surface area contributed by atoms with E-state index in [1.54, 1.807) is 6.07 Å². The maximum absolute atomic E-state index is 11.9. The Labute approximate surface area is 85.1 Å². The first kappa shape index (κ1) is 10.8. The van der Waals surface area contributed by atoms with Gasteiger partial charge < -0.3 is 5.73 Å². The third-order valence-corrected chi connectivity index (χ3v) is 2.22. The SMILES string of the molecule is Cc1ccc(C(=O)C(C)(C)C)cc1N. The number of rotatable bonds is 1. The molecule has 1 aromatic carbocycles. The minimum Gasteiger partial charge on any atom is -0.398 e. The van der Waals surface area contributed by atoms with Gasteiger partial charge in [-0.25, -0.2) is 0 Å². The van der Waals surface area contributed by atoms with Crippen molar-refractivity contribution in [3.05, 3.63) is 29.3 Å². The molecule has 0 bridgehead atoms. The molecule has 0 saturated carbocycles. The summed E-state index contributed by atoms with van der Waals surface area (Å²) >= 11 is 0. The van der Waals surface area contributed by atoms with Crippen molar-refractivity contribution in [2.45, 2.75) is 27.7 Å². The van der Waals surface area contributed by atoms with Crippen LogP contribution in [-0.4, -0.2) is 5.78 Å². The molecule has 0 unspecified atom stereocenters. The zero-order valence-electron chi connectivity index (χ0n) is 9.22. The van der Waals surface area contributed by atoms with Crippen molar-refractivity contribution in [3.63, 3.8) is 0 Å². The molecule has 14 heavy (non-hydrogen) atoms. The van der Waals surface area contributed by atoms with E-state index in [4.69, 9.17) is 5.73 Å². The third-order valence-electron chi connectivity index (χ3n) is 2.22. The lowest BCUT2D eigenvalue weighted by atomic mass is 9.86. The molecule has 0 amide bonds. The number of Topliss-reactive ketones (excluding diaryl/α,β-unsaturated/α-hetero) is 1. The second-order valence-corrected chi connectivity index (χ2v) is 4.65. The lowest BCUT2D eigenvalue weighted by molar-refractivity contribution is 0.0858. The summed E-state index contributed by atoms with van der Waals surface area (Å²) in [4.78, 5) is 11.9. The molecule has 0 heterocycles. The van der Waals surface area contributed by atoms with Crippen LogP contribution in [0.2, 0.25) is 0 Å². The normalized spacial score (nSPS) is 11.4. The van der Waals surface area contributed by atoms with Gasteiger partial charge >= 0.3 is 0 Å². The highest BCUT2D eigenvalue weighted by atomic mass is 16.1. The van der Waals surface area contributed by atoms with Gasteiger partial charge in [-0.2, -0.15) is 0 Å². The van der Waals surface area contributed by atoms with Gasteiger partial charge in [-0.3, -0.25) is 4.79 Å². The minimum absolute atomic E-state index is 0.129. The van der Waals surface area contributed by atoms with Crippen LogP contribution >= 0.6 is 0 Å². The Hall–Kier alpha value is -1.31. The number of benzene rings is 1. The van der Waals surface area contributed by atoms with Crippen molar-refractivity contribution < 1.29 is 4.79 Å². The predicted octanol–water partition coefficient (Wildman–Crippen LogP) is 2.81. The summed E-state index contributed by atoms with van der Waals surface area (Å²) < 4.78 is 0. The number of nitrogen functional groups attached to an aromatic ring is 1. The molecule has 1 aromatic rings. The molecule has 1 rings (SSSR count). The van der Waals surface area contributed by atoms with Crippen LogP contribution in [0.5, 0.6) is 0 Å². The maximum atomic E-state index is 11.9. The zero-order chi connectivity index (χ0) is 10.9. The van der Waals surface area contributed by atoms with Gasteiger partial charge in [0, 0.05) is 16.7 Å². The van der Waals surface area contributed by atoms with Gasteiger partial charge in [0.2, 0.25) is 0 Å². The molecule has 0 aliphatic heterocycles. The van der Waals surface area contributed by atoms with Crippen LogP contribution in [-0.2, 0) is 0 Å². The Morgan fingerprint density at radius 1 is 1.29 bits per heavy atom. The number of anilines is 1. The summed E-state index contributed by atoms with van der Waals surface area (Å²) in [5, 5.41) is 0. The average Bonchev–Trinajstić information content (AvgIpc) is 2.07. The topological polar surface area (TPSA) is 43.1 Å². The molecule has 0 aliphatic rings. The second-order valence-electron chi connectivity index (χ2n) is 4.65. The number of carbonyl (C=O) groups excluding carboxylic acids is 1. The summed E-state index contributed by atoms with van der Waals surface area (Å²) in [6.45, 7) is 7.66. The van der Waals surface area contributed by atoms with Crippen LogP contribution in [0.3, 0.4) is 0 Å². The Morgan fingerprint density at radius 2 is 1.86 bits per heavy atom. The van der Waals surface area contributed by atoms with E-state index in [1.165, 1.54) is 0 Å². The van der Waals surface area contributed by atoms with E-state index in [2.05, 4.69) is 0 Å². The van der Waals surface area contributed by atoms with Gasteiger partial charge in [-0.15, -0.1) is 0 Å². The first-order valence-corrected chi connectivity index (χ1v) is 4.73. The molecule has 2 N–H and O–H groups in total. The smallest absolute Gasteiger partial charge is 0.168 e. The van der Waals surface area contributed by atoms with E-state index in [0.29, 0.717) is 11.3 Å². The number of ketones is 1. The van der Waals surface area contributed by atoms with Gasteiger partial charge in [0.1, 0.15) is 0 Å². The lowest BCUT2D eigenvalue weighted by Gasteiger charge is -2.17. The molecule has 2 heteroatoms. The van der Waals surface area contributed by atoms with E-state index < -0.39 is 0 Å². The van der Waals surface area contributed by atoms with Crippen LogP contribution in [0.25, 0.3) is 0 Å². The number of hydrogen-bond donors (Lipinski definition) is 1. The van der Waals surface area contributed by atoms with Crippen LogP contribution in [0.1, 0.15) is 36.7 Å². The molecule has 0 spiro atoms. The molecular formula is C12H17NO. The number of aryl methyl sites for hydroxylation is 1. The van der Waals surface area contributed by atoms with E-state index in [0.717, 1.165) is 5.56 Å². The van der Waals surface area contributed by atoms with E-state index in [-0.39, 0.29) is 11.2 Å². The van der Waals surface area contributed by atoms with Crippen molar-refractivity contribution >= 4 is 11.5 Å². The molecule has 0 aliphatic carbocycles. The summed E-state index contributed by atoms with van der Waals surface area (Å²) in [6.07, 6.45) is 0. The fraction of sp³-hybridized carbons (Fsp3) is 0.417. The third kappa shape index (κ3) is 2.13. The van der Waals surface area contributed by atoms with Crippen molar-refractivity contribution in [2.75, 3.05) is 5.73 Å².